The van der Waals surface area contributed by atoms with E-state index in [1.54, 1.807) is 16.3 Å². The number of thioether (sulfide) groups is 2. The molecule has 0 aliphatic carbocycles. The second kappa shape index (κ2) is 9.60. The monoisotopic (exact) mass is 443 g/mol. The fourth-order valence-corrected chi connectivity index (χ4v) is 6.33. The highest BCUT2D eigenvalue weighted by Crippen LogP contribution is 2.34. The standard InChI is InChI=1S/C23H29N3O2S2/c1-3-18-11-7-8-12-25(18)20(27)15-29-23-24-19-13-16(2)30-21(19)22(28)26(23)14-17-9-5-4-6-10-17/h4-6,9-10,16,18H,3,7-8,11-15H2,1-2H3/t16-,18-/m1/s1. The van der Waals surface area contributed by atoms with E-state index < -0.39 is 0 Å². The van der Waals surface area contributed by atoms with Crippen LogP contribution < -0.4 is 5.56 Å². The molecule has 0 radical (unpaired) electrons. The molecule has 3 heterocycles. The van der Waals surface area contributed by atoms with Gasteiger partial charge in [-0.2, -0.15) is 0 Å². The number of hydrogen-bond donors (Lipinski definition) is 0. The summed E-state index contributed by atoms with van der Waals surface area (Å²) >= 11 is 3.03. The van der Waals surface area contributed by atoms with Gasteiger partial charge in [0.05, 0.1) is 22.9 Å². The van der Waals surface area contributed by atoms with Gasteiger partial charge in [-0.3, -0.25) is 14.2 Å². The topological polar surface area (TPSA) is 55.2 Å². The lowest BCUT2D eigenvalue weighted by Crippen LogP contribution is -2.44. The molecule has 2 aliphatic rings. The number of hydrogen-bond acceptors (Lipinski definition) is 5. The van der Waals surface area contributed by atoms with Crippen LogP contribution in [-0.4, -0.2) is 43.9 Å². The summed E-state index contributed by atoms with van der Waals surface area (Å²) < 4.78 is 1.75. The molecule has 1 amide bonds. The molecule has 2 aromatic rings. The van der Waals surface area contributed by atoms with Crippen LogP contribution >= 0.6 is 23.5 Å². The van der Waals surface area contributed by atoms with Gasteiger partial charge in [0.25, 0.3) is 5.56 Å². The molecule has 7 heteroatoms. The number of nitrogens with zero attached hydrogens (tertiary/aromatic N) is 3. The van der Waals surface area contributed by atoms with E-state index in [1.807, 2.05) is 35.2 Å². The van der Waals surface area contributed by atoms with E-state index in [0.717, 1.165) is 48.4 Å². The van der Waals surface area contributed by atoms with E-state index in [4.69, 9.17) is 4.98 Å². The van der Waals surface area contributed by atoms with Crippen LogP contribution in [0.2, 0.25) is 0 Å². The van der Waals surface area contributed by atoms with Crippen molar-refractivity contribution in [2.45, 2.75) is 73.8 Å². The molecule has 5 nitrogen and oxygen atoms in total. The summed E-state index contributed by atoms with van der Waals surface area (Å²) in [6, 6.07) is 10.3. The Morgan fingerprint density at radius 2 is 2.07 bits per heavy atom. The SMILES string of the molecule is CC[C@@H]1CCCCN1C(=O)CSc1nc2c(c(=O)n1Cc1ccccc1)S[C@H](C)C2. The second-order valence-corrected chi connectivity index (χ2v) is 10.5. The maximum Gasteiger partial charge on any atom is 0.268 e. The molecule has 0 N–H and O–H groups in total. The highest BCUT2D eigenvalue weighted by molar-refractivity contribution is 8.00. The third-order valence-corrected chi connectivity index (χ3v) is 8.07. The van der Waals surface area contributed by atoms with E-state index >= 15 is 0 Å². The van der Waals surface area contributed by atoms with Crippen molar-refractivity contribution in [2.75, 3.05) is 12.3 Å². The Balaban J connectivity index is 1.58. The van der Waals surface area contributed by atoms with Crippen molar-refractivity contribution >= 4 is 29.4 Å². The van der Waals surface area contributed by atoms with Crippen LogP contribution in [-0.2, 0) is 17.8 Å². The van der Waals surface area contributed by atoms with E-state index in [-0.39, 0.29) is 11.5 Å². The number of benzene rings is 1. The molecular formula is C23H29N3O2S2. The van der Waals surface area contributed by atoms with E-state index in [2.05, 4.69) is 13.8 Å². The highest BCUT2D eigenvalue weighted by Gasteiger charge is 2.28. The van der Waals surface area contributed by atoms with Gasteiger partial charge in [0, 0.05) is 24.3 Å². The number of rotatable bonds is 6. The summed E-state index contributed by atoms with van der Waals surface area (Å²) in [4.78, 5) is 33.9. The number of carbonyl (C=O) groups is 1. The summed E-state index contributed by atoms with van der Waals surface area (Å²) in [7, 11) is 0. The number of amides is 1. The first-order valence-electron chi connectivity index (χ1n) is 10.8. The summed E-state index contributed by atoms with van der Waals surface area (Å²) in [6.45, 7) is 5.61. The smallest absolute Gasteiger partial charge is 0.268 e. The van der Waals surface area contributed by atoms with Gasteiger partial charge in [0.1, 0.15) is 0 Å². The van der Waals surface area contributed by atoms with Crippen LogP contribution in [0.25, 0.3) is 0 Å². The minimum absolute atomic E-state index is 0.0255. The van der Waals surface area contributed by atoms with Crippen molar-refractivity contribution < 1.29 is 4.79 Å². The Kier molecular flexibility index (Phi) is 6.88. The van der Waals surface area contributed by atoms with Gasteiger partial charge < -0.3 is 4.90 Å². The average Bonchev–Trinajstić information content (AvgIpc) is 3.15. The fourth-order valence-electron chi connectivity index (χ4n) is 4.31. The summed E-state index contributed by atoms with van der Waals surface area (Å²) in [6.07, 6.45) is 5.19. The zero-order valence-corrected chi connectivity index (χ0v) is 19.3. The molecule has 1 fully saturated rings. The maximum absolute atomic E-state index is 13.3. The highest BCUT2D eigenvalue weighted by atomic mass is 32.2. The predicted octanol–water partition coefficient (Wildman–Crippen LogP) is 4.21. The maximum atomic E-state index is 13.3. The molecule has 1 aromatic carbocycles. The molecule has 0 bridgehead atoms. The summed E-state index contributed by atoms with van der Waals surface area (Å²) in [5, 5.41) is 1.03. The number of likely N-dealkylation sites (tertiary alicyclic amines) is 1. The predicted molar refractivity (Wildman–Crippen MR) is 123 cm³/mol. The third kappa shape index (κ3) is 4.62. The van der Waals surface area contributed by atoms with Gasteiger partial charge in [-0.15, -0.1) is 11.8 Å². The quantitative estimate of drug-likeness (QED) is 0.494. The van der Waals surface area contributed by atoms with Gasteiger partial charge in [0.2, 0.25) is 5.91 Å². The van der Waals surface area contributed by atoms with Crippen LogP contribution in [0.5, 0.6) is 0 Å². The summed E-state index contributed by atoms with van der Waals surface area (Å²) in [5.74, 6) is 0.495. The minimum atomic E-state index is 0.0255. The average molecular weight is 444 g/mol. The van der Waals surface area contributed by atoms with Crippen molar-refractivity contribution in [3.8, 4) is 0 Å². The Morgan fingerprint density at radius 1 is 1.27 bits per heavy atom. The van der Waals surface area contributed by atoms with Crippen molar-refractivity contribution in [2.24, 2.45) is 0 Å². The molecule has 0 saturated carbocycles. The fraction of sp³-hybridized carbons (Fsp3) is 0.522. The van der Waals surface area contributed by atoms with Crippen LogP contribution in [0.3, 0.4) is 0 Å². The Labute approximate surface area is 186 Å². The number of aromatic nitrogens is 2. The molecular weight excluding hydrogens is 414 g/mol. The Hall–Kier alpha value is -1.73. The van der Waals surface area contributed by atoms with Crippen molar-refractivity contribution in [1.82, 2.24) is 14.5 Å². The lowest BCUT2D eigenvalue weighted by Gasteiger charge is -2.35. The lowest BCUT2D eigenvalue weighted by atomic mass is 10.0. The molecule has 30 heavy (non-hydrogen) atoms. The largest absolute Gasteiger partial charge is 0.339 e. The van der Waals surface area contributed by atoms with Gasteiger partial charge in [-0.05, 0) is 31.2 Å². The molecule has 0 unspecified atom stereocenters. The zero-order valence-electron chi connectivity index (χ0n) is 17.7. The Morgan fingerprint density at radius 3 is 2.83 bits per heavy atom. The molecule has 2 aliphatic heterocycles. The normalized spacial score (nSPS) is 20.9. The minimum Gasteiger partial charge on any atom is -0.339 e. The zero-order chi connectivity index (χ0) is 21.1. The van der Waals surface area contributed by atoms with Crippen LogP contribution in [0.4, 0.5) is 0 Å². The van der Waals surface area contributed by atoms with E-state index in [1.165, 1.54) is 18.2 Å². The second-order valence-electron chi connectivity index (χ2n) is 8.11. The van der Waals surface area contributed by atoms with Crippen molar-refractivity contribution in [3.63, 3.8) is 0 Å². The number of fused-ring (bicyclic) bond motifs is 1. The lowest BCUT2D eigenvalue weighted by molar-refractivity contribution is -0.132. The molecule has 1 saturated heterocycles. The Bertz CT molecular complexity index is 961. The molecule has 2 atom stereocenters. The molecule has 4 rings (SSSR count). The van der Waals surface area contributed by atoms with Gasteiger partial charge in [-0.1, -0.05) is 55.9 Å². The number of piperidine rings is 1. The first-order chi connectivity index (χ1) is 14.6. The van der Waals surface area contributed by atoms with Crippen LogP contribution in [0.1, 0.15) is 50.8 Å². The first kappa shape index (κ1) is 21.5. The van der Waals surface area contributed by atoms with Crippen molar-refractivity contribution in [1.29, 1.82) is 0 Å². The molecule has 160 valence electrons. The van der Waals surface area contributed by atoms with Gasteiger partial charge >= 0.3 is 0 Å². The van der Waals surface area contributed by atoms with Crippen molar-refractivity contribution in [3.05, 3.63) is 51.9 Å². The van der Waals surface area contributed by atoms with E-state index in [9.17, 15) is 9.59 Å². The first-order valence-corrected chi connectivity index (χ1v) is 12.7. The molecule has 0 spiro atoms. The van der Waals surface area contributed by atoms with Gasteiger partial charge in [-0.25, -0.2) is 4.98 Å². The van der Waals surface area contributed by atoms with E-state index in [0.29, 0.717) is 28.7 Å². The third-order valence-electron chi connectivity index (χ3n) is 5.89. The van der Waals surface area contributed by atoms with Gasteiger partial charge in [0.15, 0.2) is 5.16 Å². The molecule has 1 aromatic heterocycles. The number of carbonyl (C=O) groups excluding carboxylic acids is 1. The van der Waals surface area contributed by atoms with Crippen LogP contribution in [0.15, 0.2) is 45.2 Å². The summed E-state index contributed by atoms with van der Waals surface area (Å²) in [5.41, 5.74) is 1.98. The van der Waals surface area contributed by atoms with Crippen LogP contribution in [0, 0.1) is 0 Å².